The molecule has 0 atom stereocenters. The maximum atomic E-state index is 13.8. The van der Waals surface area contributed by atoms with Gasteiger partial charge in [-0.2, -0.15) is 0 Å². The highest BCUT2D eigenvalue weighted by atomic mass is 32.2. The van der Waals surface area contributed by atoms with E-state index >= 15 is 0 Å². The first kappa shape index (κ1) is 18.7. The predicted molar refractivity (Wildman–Crippen MR) is 91.3 cm³/mol. The fourth-order valence-corrected chi connectivity index (χ4v) is 3.01. The summed E-state index contributed by atoms with van der Waals surface area (Å²) >= 11 is 0. The van der Waals surface area contributed by atoms with Crippen molar-refractivity contribution in [1.82, 2.24) is 0 Å². The Morgan fingerprint density at radius 2 is 1.92 bits per heavy atom. The third-order valence-electron chi connectivity index (χ3n) is 3.62. The molecule has 0 N–H and O–H groups in total. The molecule has 0 bridgehead atoms. The van der Waals surface area contributed by atoms with Gasteiger partial charge in [0.25, 0.3) is 5.69 Å². The zero-order valence-electron chi connectivity index (χ0n) is 13.9. The Balaban J connectivity index is 2.37. The topological polar surface area (TPSA) is 89.8 Å². The van der Waals surface area contributed by atoms with Gasteiger partial charge in [0.15, 0.2) is 21.4 Å². The molecule has 25 heavy (non-hydrogen) atoms. The van der Waals surface area contributed by atoms with Gasteiger partial charge >= 0.3 is 0 Å². The molecule has 7 nitrogen and oxygen atoms in total. The summed E-state index contributed by atoms with van der Waals surface area (Å²) in [5.74, 6) is -0.426. The Bertz CT molecular complexity index is 915. The lowest BCUT2D eigenvalue weighted by molar-refractivity contribution is -0.384. The quantitative estimate of drug-likeness (QED) is 0.575. The van der Waals surface area contributed by atoms with Crippen molar-refractivity contribution >= 4 is 21.2 Å². The zero-order chi connectivity index (χ0) is 18.8. The van der Waals surface area contributed by atoms with Gasteiger partial charge in [-0.1, -0.05) is 6.07 Å². The smallest absolute Gasteiger partial charge is 0.293 e. The van der Waals surface area contributed by atoms with Gasteiger partial charge in [0.1, 0.15) is 5.69 Å². The van der Waals surface area contributed by atoms with Crippen molar-refractivity contribution in [2.45, 2.75) is 11.4 Å². The molecular weight excluding hydrogens is 351 g/mol. The number of rotatable bonds is 6. The summed E-state index contributed by atoms with van der Waals surface area (Å²) in [6, 6.07) is 8.10. The number of nitro groups is 1. The minimum atomic E-state index is -3.56. The van der Waals surface area contributed by atoms with Gasteiger partial charge in [-0.15, -0.1) is 0 Å². The first-order valence-corrected chi connectivity index (χ1v) is 9.04. The number of halogens is 1. The molecule has 0 unspecified atom stereocenters. The molecule has 0 saturated heterocycles. The van der Waals surface area contributed by atoms with Crippen LogP contribution in [-0.2, 0) is 16.4 Å². The van der Waals surface area contributed by atoms with E-state index in [1.807, 2.05) is 0 Å². The van der Waals surface area contributed by atoms with E-state index in [1.54, 1.807) is 18.0 Å². The van der Waals surface area contributed by atoms with Crippen molar-refractivity contribution < 1.29 is 22.5 Å². The van der Waals surface area contributed by atoms with Crippen LogP contribution in [0.1, 0.15) is 5.56 Å². The highest BCUT2D eigenvalue weighted by Crippen LogP contribution is 2.31. The molecule has 0 heterocycles. The minimum absolute atomic E-state index is 0.106. The van der Waals surface area contributed by atoms with Gasteiger partial charge < -0.3 is 9.64 Å². The van der Waals surface area contributed by atoms with E-state index in [2.05, 4.69) is 0 Å². The van der Waals surface area contributed by atoms with Crippen LogP contribution in [0.2, 0.25) is 0 Å². The molecule has 0 amide bonds. The van der Waals surface area contributed by atoms with E-state index in [4.69, 9.17) is 4.74 Å². The van der Waals surface area contributed by atoms with Crippen LogP contribution in [-0.4, -0.2) is 33.8 Å². The number of nitro benzene ring substituents is 1. The van der Waals surface area contributed by atoms with Crippen molar-refractivity contribution in [2.24, 2.45) is 0 Å². The van der Waals surface area contributed by atoms with E-state index in [9.17, 15) is 22.9 Å². The van der Waals surface area contributed by atoms with Crippen LogP contribution in [0.5, 0.6) is 5.75 Å². The molecule has 0 aromatic heterocycles. The van der Waals surface area contributed by atoms with Crippen molar-refractivity contribution in [1.29, 1.82) is 0 Å². The maximum Gasteiger partial charge on any atom is 0.293 e. The maximum absolute atomic E-state index is 13.8. The van der Waals surface area contributed by atoms with Gasteiger partial charge in [-0.3, -0.25) is 10.1 Å². The Kier molecular flexibility index (Phi) is 5.27. The lowest BCUT2D eigenvalue weighted by atomic mass is 10.1. The lowest BCUT2D eigenvalue weighted by Gasteiger charge is -2.20. The van der Waals surface area contributed by atoms with Crippen molar-refractivity contribution in [3.63, 3.8) is 0 Å². The van der Waals surface area contributed by atoms with Gasteiger partial charge in [-0.25, -0.2) is 12.8 Å². The molecule has 0 aliphatic heterocycles. The molecular formula is C16H17FN2O5S. The van der Waals surface area contributed by atoms with Crippen LogP contribution in [0.15, 0.2) is 41.3 Å². The number of methoxy groups -OCH3 is 1. The van der Waals surface area contributed by atoms with Gasteiger partial charge in [-0.05, 0) is 29.8 Å². The number of hydrogen-bond donors (Lipinski definition) is 0. The molecule has 134 valence electrons. The number of anilines is 1. The summed E-state index contributed by atoms with van der Waals surface area (Å²) < 4.78 is 41.8. The largest absolute Gasteiger partial charge is 0.494 e. The third kappa shape index (κ3) is 4.24. The van der Waals surface area contributed by atoms with Crippen molar-refractivity contribution in [3.05, 3.63) is 57.9 Å². The molecule has 2 aromatic rings. The molecule has 0 aliphatic rings. The Morgan fingerprint density at radius 1 is 1.24 bits per heavy atom. The van der Waals surface area contributed by atoms with Crippen LogP contribution in [0.25, 0.3) is 0 Å². The fraction of sp³-hybridized carbons (Fsp3) is 0.250. The molecule has 0 saturated carbocycles. The number of nitrogens with zero attached hydrogens (tertiary/aromatic N) is 2. The lowest BCUT2D eigenvalue weighted by Crippen LogP contribution is -2.18. The first-order chi connectivity index (χ1) is 11.6. The standard InChI is InChI=1S/C16H17FN2O5S/c1-18(10-11-4-7-16(24-2)13(17)8-11)14-6-5-12(25(3,22)23)9-15(14)19(20)21/h4-9H,10H2,1-3H3. The Labute approximate surface area is 144 Å². The second kappa shape index (κ2) is 7.06. The highest BCUT2D eigenvalue weighted by Gasteiger charge is 2.21. The van der Waals surface area contributed by atoms with E-state index in [1.165, 1.54) is 31.4 Å². The van der Waals surface area contributed by atoms with E-state index in [0.29, 0.717) is 5.56 Å². The van der Waals surface area contributed by atoms with Crippen molar-refractivity contribution in [3.8, 4) is 5.75 Å². The number of ether oxygens (including phenoxy) is 1. The summed E-state index contributed by atoms with van der Waals surface area (Å²) in [4.78, 5) is 12.1. The van der Waals surface area contributed by atoms with Crippen LogP contribution in [0.3, 0.4) is 0 Å². The highest BCUT2D eigenvalue weighted by molar-refractivity contribution is 7.90. The van der Waals surface area contributed by atoms with Crippen LogP contribution < -0.4 is 9.64 Å². The number of benzene rings is 2. The van der Waals surface area contributed by atoms with Gasteiger partial charge in [0.05, 0.1) is 16.9 Å². The van der Waals surface area contributed by atoms with E-state index < -0.39 is 20.6 Å². The zero-order valence-corrected chi connectivity index (χ0v) is 14.7. The normalized spacial score (nSPS) is 11.2. The summed E-state index contributed by atoms with van der Waals surface area (Å²) in [6.45, 7) is 0.194. The SMILES string of the molecule is COc1ccc(CN(C)c2ccc(S(C)(=O)=O)cc2[N+](=O)[O-])cc1F. The summed E-state index contributed by atoms with van der Waals surface area (Å²) in [5, 5.41) is 11.3. The Hall–Kier alpha value is -2.68. The minimum Gasteiger partial charge on any atom is -0.494 e. The molecule has 2 rings (SSSR count). The molecule has 0 aliphatic carbocycles. The second-order valence-electron chi connectivity index (χ2n) is 5.50. The van der Waals surface area contributed by atoms with E-state index in [0.717, 1.165) is 12.3 Å². The van der Waals surface area contributed by atoms with Crippen LogP contribution >= 0.6 is 0 Å². The number of hydrogen-bond acceptors (Lipinski definition) is 6. The monoisotopic (exact) mass is 368 g/mol. The molecule has 0 fully saturated rings. The van der Waals surface area contributed by atoms with Crippen molar-refractivity contribution in [2.75, 3.05) is 25.3 Å². The molecule has 2 aromatic carbocycles. The Morgan fingerprint density at radius 3 is 2.44 bits per heavy atom. The molecule has 0 spiro atoms. The number of sulfone groups is 1. The molecule has 9 heteroatoms. The summed E-state index contributed by atoms with van der Waals surface area (Å²) in [5.41, 5.74) is 0.482. The first-order valence-electron chi connectivity index (χ1n) is 7.15. The predicted octanol–water partition coefficient (Wildman–Crippen LogP) is 2.78. The van der Waals surface area contributed by atoms with E-state index in [-0.39, 0.29) is 28.6 Å². The van der Waals surface area contributed by atoms with Crippen LogP contribution in [0.4, 0.5) is 15.8 Å². The summed E-state index contributed by atoms with van der Waals surface area (Å²) in [7, 11) is -0.600. The summed E-state index contributed by atoms with van der Waals surface area (Å²) in [6.07, 6.45) is 0.982. The third-order valence-corrected chi connectivity index (χ3v) is 4.73. The van der Waals surface area contributed by atoms with Gasteiger partial charge in [0, 0.05) is 25.9 Å². The van der Waals surface area contributed by atoms with Gasteiger partial charge in [0.2, 0.25) is 0 Å². The van der Waals surface area contributed by atoms with Crippen LogP contribution in [0, 0.1) is 15.9 Å². The average Bonchev–Trinajstić information content (AvgIpc) is 2.53. The molecule has 0 radical (unpaired) electrons. The average molecular weight is 368 g/mol. The fourth-order valence-electron chi connectivity index (χ4n) is 2.37. The second-order valence-corrected chi connectivity index (χ2v) is 7.52.